The molecular weight excluding hydrogens is 570 g/mol. The zero-order valence-corrected chi connectivity index (χ0v) is 27.7. The topological polar surface area (TPSA) is 158 Å². The zero-order valence-electron chi connectivity index (χ0n) is 27.7. The van der Waals surface area contributed by atoms with Crippen LogP contribution in [0.1, 0.15) is 100.0 Å². The van der Waals surface area contributed by atoms with Crippen molar-refractivity contribution in [2.75, 3.05) is 6.54 Å². The van der Waals surface area contributed by atoms with E-state index in [0.717, 1.165) is 5.56 Å². The van der Waals surface area contributed by atoms with Crippen LogP contribution in [0, 0.1) is 0 Å². The fourth-order valence-electron chi connectivity index (χ4n) is 3.69. The zero-order chi connectivity index (χ0) is 33.6. The summed E-state index contributed by atoms with van der Waals surface area (Å²) in [6.07, 6.45) is 0.391. The van der Waals surface area contributed by atoms with Crippen LogP contribution in [0.2, 0.25) is 0 Å². The maximum atomic E-state index is 13.0. The molecule has 248 valence electrons. The Morgan fingerprint density at radius 1 is 0.682 bits per heavy atom. The maximum absolute atomic E-state index is 13.0. The Morgan fingerprint density at radius 2 is 1.18 bits per heavy atom. The number of benzene rings is 1. The lowest BCUT2D eigenvalue weighted by molar-refractivity contribution is -0.159. The number of carbonyl (C=O) groups is 5. The van der Waals surface area contributed by atoms with Crippen molar-refractivity contribution in [2.45, 2.75) is 130 Å². The van der Waals surface area contributed by atoms with Gasteiger partial charge < -0.3 is 34.9 Å². The lowest BCUT2D eigenvalue weighted by Gasteiger charge is -2.27. The summed E-state index contributed by atoms with van der Waals surface area (Å²) in [6, 6.07) is 6.27. The third-order valence-corrected chi connectivity index (χ3v) is 5.45. The number of hydrogen-bond donors (Lipinski definition) is 3. The van der Waals surface area contributed by atoms with Crippen molar-refractivity contribution in [1.29, 1.82) is 0 Å². The molecule has 1 unspecified atom stereocenters. The molecule has 0 aromatic heterocycles. The second-order valence-corrected chi connectivity index (χ2v) is 13.4. The van der Waals surface area contributed by atoms with Crippen molar-refractivity contribution < 1.29 is 42.9 Å². The number of amides is 3. The summed E-state index contributed by atoms with van der Waals surface area (Å²) >= 11 is 0. The summed E-state index contributed by atoms with van der Waals surface area (Å²) in [6.45, 7) is 15.8. The lowest BCUT2D eigenvalue weighted by Crippen LogP contribution is -2.53. The number of carbonyl (C=O) groups excluding carboxylic acids is 5. The molecular formula is C32H51N3O9. The molecule has 0 spiro atoms. The van der Waals surface area contributed by atoms with Crippen molar-refractivity contribution in [1.82, 2.24) is 16.0 Å². The molecule has 12 heteroatoms. The molecule has 0 aliphatic heterocycles. The van der Waals surface area contributed by atoms with E-state index < -0.39 is 58.9 Å². The van der Waals surface area contributed by atoms with Gasteiger partial charge in [-0.1, -0.05) is 30.3 Å². The van der Waals surface area contributed by atoms with Crippen LogP contribution in [0.4, 0.5) is 9.59 Å². The molecule has 3 N–H and O–H groups in total. The number of nitrogens with one attached hydrogen (secondary N) is 3. The van der Waals surface area contributed by atoms with Crippen molar-refractivity contribution in [2.24, 2.45) is 0 Å². The Labute approximate surface area is 261 Å². The highest BCUT2D eigenvalue weighted by Crippen LogP contribution is 2.15. The first-order valence-electron chi connectivity index (χ1n) is 14.9. The number of alkyl carbamates (subject to hydrolysis) is 1. The van der Waals surface area contributed by atoms with Gasteiger partial charge in [0.05, 0.1) is 0 Å². The molecule has 0 bridgehead atoms. The van der Waals surface area contributed by atoms with E-state index >= 15 is 0 Å². The van der Waals surface area contributed by atoms with E-state index in [4.69, 9.17) is 18.9 Å². The number of esters is 3. The summed E-state index contributed by atoms with van der Waals surface area (Å²) in [7, 11) is 0. The highest BCUT2D eigenvalue weighted by atomic mass is 16.6. The van der Waals surface area contributed by atoms with Gasteiger partial charge in [-0.25, -0.2) is 19.2 Å². The van der Waals surface area contributed by atoms with Crippen LogP contribution < -0.4 is 16.0 Å². The van der Waals surface area contributed by atoms with Gasteiger partial charge in [-0.05, 0) is 93.6 Å². The minimum atomic E-state index is -1.17. The number of ether oxygens (including phenoxy) is 4. The highest BCUT2D eigenvalue weighted by molar-refractivity contribution is 5.87. The van der Waals surface area contributed by atoms with Crippen molar-refractivity contribution >= 4 is 30.0 Å². The Hall–Kier alpha value is -3.83. The van der Waals surface area contributed by atoms with Gasteiger partial charge in [-0.3, -0.25) is 4.79 Å². The van der Waals surface area contributed by atoms with Gasteiger partial charge in [0.15, 0.2) is 0 Å². The van der Waals surface area contributed by atoms with Crippen LogP contribution in [0.25, 0.3) is 0 Å². The molecule has 0 heterocycles. The van der Waals surface area contributed by atoms with E-state index in [2.05, 4.69) is 16.0 Å². The van der Waals surface area contributed by atoms with Crippen molar-refractivity contribution in [3.05, 3.63) is 35.9 Å². The van der Waals surface area contributed by atoms with E-state index in [-0.39, 0.29) is 25.9 Å². The van der Waals surface area contributed by atoms with Crippen molar-refractivity contribution in [3.8, 4) is 0 Å². The highest BCUT2D eigenvalue weighted by Gasteiger charge is 2.31. The van der Waals surface area contributed by atoms with E-state index in [1.54, 1.807) is 62.3 Å². The van der Waals surface area contributed by atoms with E-state index in [9.17, 15) is 24.0 Å². The standard InChI is InChI=1S/C32H51N3O9/c1-30(2,3)42-25(36)19-18-24(27(38)44-32(7,8)9)35-28(39)34-23(26(37)43-31(4,5)6)17-13-14-20-33-29(40)41-21-22-15-11-10-12-16-22/h10-12,15-16,23-24H,13-14,17-21H2,1-9H3,(H,33,40)(H2,34,35,39)/t23?,24-/m0/s1. The average molecular weight is 622 g/mol. The second kappa shape index (κ2) is 17.5. The molecule has 1 aromatic carbocycles. The van der Waals surface area contributed by atoms with Crippen molar-refractivity contribution in [3.63, 3.8) is 0 Å². The van der Waals surface area contributed by atoms with Gasteiger partial charge in [-0.2, -0.15) is 0 Å². The monoisotopic (exact) mass is 621 g/mol. The molecule has 3 amide bonds. The maximum Gasteiger partial charge on any atom is 0.407 e. The van der Waals surface area contributed by atoms with Gasteiger partial charge >= 0.3 is 30.0 Å². The Balaban J connectivity index is 2.77. The molecule has 0 radical (unpaired) electrons. The molecule has 1 rings (SSSR count). The largest absolute Gasteiger partial charge is 0.460 e. The van der Waals surface area contributed by atoms with Crippen LogP contribution >= 0.6 is 0 Å². The first-order chi connectivity index (χ1) is 20.2. The normalized spacial score (nSPS) is 13.1. The number of hydrogen-bond acceptors (Lipinski definition) is 9. The summed E-state index contributed by atoms with van der Waals surface area (Å²) < 4.78 is 21.4. The quantitative estimate of drug-likeness (QED) is 0.149. The number of urea groups is 1. The van der Waals surface area contributed by atoms with Gasteiger partial charge in [0.2, 0.25) is 0 Å². The Bertz CT molecular complexity index is 1090. The lowest BCUT2D eigenvalue weighted by atomic mass is 10.1. The second-order valence-electron chi connectivity index (χ2n) is 13.4. The SMILES string of the molecule is CC(C)(C)OC(=O)CC[C@H](NC(=O)NC(CCCCNC(=O)OCc1ccccc1)C(=O)OC(C)(C)C)C(=O)OC(C)(C)C. The predicted octanol–water partition coefficient (Wildman–Crippen LogP) is 4.92. The molecule has 0 aliphatic carbocycles. The third-order valence-electron chi connectivity index (χ3n) is 5.45. The van der Waals surface area contributed by atoms with Crippen LogP contribution in [-0.4, -0.2) is 65.5 Å². The Morgan fingerprint density at radius 3 is 1.68 bits per heavy atom. The van der Waals surface area contributed by atoms with Gasteiger partial charge in [0, 0.05) is 13.0 Å². The summed E-state index contributed by atoms with van der Waals surface area (Å²) in [4.78, 5) is 63.1. The van der Waals surface area contributed by atoms with Crippen LogP contribution in [0.3, 0.4) is 0 Å². The van der Waals surface area contributed by atoms with Crippen LogP contribution in [0.5, 0.6) is 0 Å². The summed E-state index contributed by atoms with van der Waals surface area (Å²) in [5, 5.41) is 7.79. The minimum absolute atomic E-state index is 0.0691. The molecule has 0 saturated carbocycles. The molecule has 0 aliphatic rings. The first-order valence-corrected chi connectivity index (χ1v) is 14.9. The molecule has 1 aromatic rings. The van der Waals surface area contributed by atoms with E-state index in [1.807, 2.05) is 30.3 Å². The van der Waals surface area contributed by atoms with E-state index in [0.29, 0.717) is 19.4 Å². The number of unbranched alkanes of at least 4 members (excludes halogenated alkanes) is 1. The fraction of sp³-hybridized carbons (Fsp3) is 0.656. The van der Waals surface area contributed by atoms with Gasteiger partial charge in [0.25, 0.3) is 0 Å². The van der Waals surface area contributed by atoms with Crippen LogP contribution in [-0.2, 0) is 39.9 Å². The fourth-order valence-corrected chi connectivity index (χ4v) is 3.69. The number of rotatable bonds is 14. The molecule has 12 nitrogen and oxygen atoms in total. The van der Waals surface area contributed by atoms with Crippen LogP contribution in [0.15, 0.2) is 30.3 Å². The molecule has 0 saturated heterocycles. The summed E-state index contributed by atoms with van der Waals surface area (Å²) in [5.41, 5.74) is -1.47. The summed E-state index contributed by atoms with van der Waals surface area (Å²) in [5.74, 6) is -1.90. The third kappa shape index (κ3) is 18.7. The van der Waals surface area contributed by atoms with Gasteiger partial charge in [0.1, 0.15) is 35.5 Å². The average Bonchev–Trinajstić information content (AvgIpc) is 2.86. The smallest absolute Gasteiger partial charge is 0.407 e. The first kappa shape index (κ1) is 38.2. The minimum Gasteiger partial charge on any atom is -0.460 e. The van der Waals surface area contributed by atoms with E-state index in [1.165, 1.54) is 0 Å². The predicted molar refractivity (Wildman–Crippen MR) is 164 cm³/mol. The molecule has 44 heavy (non-hydrogen) atoms. The van der Waals surface area contributed by atoms with Gasteiger partial charge in [-0.15, -0.1) is 0 Å². The molecule has 0 fully saturated rings. The molecule has 2 atom stereocenters. The Kier molecular flexibility index (Phi) is 15.2.